The van der Waals surface area contributed by atoms with Gasteiger partial charge in [0.15, 0.2) is 0 Å². The third kappa shape index (κ3) is 4.82. The van der Waals surface area contributed by atoms with E-state index in [0.29, 0.717) is 24.7 Å². The molecular weight excluding hydrogens is 287 g/mol. The molecule has 0 unspecified atom stereocenters. The van der Waals surface area contributed by atoms with Crippen molar-refractivity contribution in [2.24, 2.45) is 23.7 Å². The van der Waals surface area contributed by atoms with Crippen LogP contribution in [0.15, 0.2) is 0 Å². The molecule has 2 aliphatic carbocycles. The minimum absolute atomic E-state index is 0.250. The molecule has 5 heteroatoms. The Morgan fingerprint density at radius 1 is 0.714 bits per heavy atom. The third-order valence-corrected chi connectivity index (χ3v) is 5.53. The SMILES string of the molecule is CC1CCC(C2CCC(C(F)(F)CC(F)(F)F)CC2)CC1. The molecule has 0 bridgehead atoms. The number of alkyl halides is 5. The molecule has 0 aromatic rings. The average Bonchev–Trinajstić information content (AvgIpc) is 2.37. The van der Waals surface area contributed by atoms with E-state index in [1.807, 2.05) is 0 Å². The molecule has 0 heterocycles. The Bertz CT molecular complexity index is 320. The van der Waals surface area contributed by atoms with Crippen molar-refractivity contribution in [2.45, 2.75) is 76.8 Å². The van der Waals surface area contributed by atoms with Gasteiger partial charge in [0.25, 0.3) is 5.92 Å². The van der Waals surface area contributed by atoms with Crippen molar-refractivity contribution in [2.75, 3.05) is 0 Å². The molecule has 0 N–H and O–H groups in total. The highest BCUT2D eigenvalue weighted by Crippen LogP contribution is 2.47. The van der Waals surface area contributed by atoms with E-state index in [1.54, 1.807) is 0 Å². The molecular formula is C16H25F5. The van der Waals surface area contributed by atoms with E-state index in [0.717, 1.165) is 18.8 Å². The summed E-state index contributed by atoms with van der Waals surface area (Å²) in [5.41, 5.74) is 0. The van der Waals surface area contributed by atoms with Crippen LogP contribution < -0.4 is 0 Å². The Kier molecular flexibility index (Phi) is 5.19. The fourth-order valence-corrected chi connectivity index (χ4v) is 4.18. The first-order valence-electron chi connectivity index (χ1n) is 8.12. The zero-order chi connectivity index (χ0) is 15.7. The van der Waals surface area contributed by atoms with Crippen LogP contribution in [0.5, 0.6) is 0 Å². The summed E-state index contributed by atoms with van der Waals surface area (Å²) in [5.74, 6) is -2.86. The van der Waals surface area contributed by atoms with Gasteiger partial charge in [-0.25, -0.2) is 8.78 Å². The van der Waals surface area contributed by atoms with E-state index in [9.17, 15) is 22.0 Å². The molecule has 0 aliphatic heterocycles. The highest BCUT2D eigenvalue weighted by atomic mass is 19.4. The monoisotopic (exact) mass is 312 g/mol. The van der Waals surface area contributed by atoms with Gasteiger partial charge in [-0.3, -0.25) is 0 Å². The average molecular weight is 312 g/mol. The van der Waals surface area contributed by atoms with E-state index in [2.05, 4.69) is 6.92 Å². The predicted molar refractivity (Wildman–Crippen MR) is 72.2 cm³/mol. The topological polar surface area (TPSA) is 0 Å². The van der Waals surface area contributed by atoms with Gasteiger partial charge in [-0.2, -0.15) is 13.2 Å². The molecule has 0 atom stereocenters. The molecule has 124 valence electrons. The largest absolute Gasteiger partial charge is 0.394 e. The van der Waals surface area contributed by atoms with E-state index < -0.39 is 24.4 Å². The van der Waals surface area contributed by atoms with E-state index in [1.165, 1.54) is 12.8 Å². The predicted octanol–water partition coefficient (Wildman–Crippen LogP) is 6.21. The van der Waals surface area contributed by atoms with Gasteiger partial charge in [-0.15, -0.1) is 0 Å². The smallest absolute Gasteiger partial charge is 0.206 e. The maximum absolute atomic E-state index is 13.7. The molecule has 0 nitrogen and oxygen atoms in total. The van der Waals surface area contributed by atoms with Gasteiger partial charge in [0.2, 0.25) is 0 Å². The summed E-state index contributed by atoms with van der Waals surface area (Å²) in [6.45, 7) is 2.24. The molecule has 0 radical (unpaired) electrons. The summed E-state index contributed by atoms with van der Waals surface area (Å²) in [4.78, 5) is 0. The molecule has 0 spiro atoms. The number of hydrogen-bond donors (Lipinski definition) is 0. The number of hydrogen-bond acceptors (Lipinski definition) is 0. The highest BCUT2D eigenvalue weighted by Gasteiger charge is 2.49. The van der Waals surface area contributed by atoms with Crippen LogP contribution in [-0.4, -0.2) is 12.1 Å². The van der Waals surface area contributed by atoms with Gasteiger partial charge >= 0.3 is 6.18 Å². The Morgan fingerprint density at radius 3 is 1.57 bits per heavy atom. The van der Waals surface area contributed by atoms with Gasteiger partial charge < -0.3 is 0 Å². The fourth-order valence-electron chi connectivity index (χ4n) is 4.18. The van der Waals surface area contributed by atoms with Crippen LogP contribution in [0.1, 0.15) is 64.7 Å². The molecule has 0 amide bonds. The first-order valence-corrected chi connectivity index (χ1v) is 8.12. The minimum atomic E-state index is -4.78. The second-order valence-electron chi connectivity index (χ2n) is 7.18. The zero-order valence-corrected chi connectivity index (χ0v) is 12.6. The summed E-state index contributed by atoms with van der Waals surface area (Å²) in [6.07, 6.45) is -0.154. The Balaban J connectivity index is 1.82. The van der Waals surface area contributed by atoms with Crippen LogP contribution in [0, 0.1) is 23.7 Å². The molecule has 0 aromatic carbocycles. The maximum atomic E-state index is 13.7. The van der Waals surface area contributed by atoms with Gasteiger partial charge in [-0.05, 0) is 56.3 Å². The molecule has 21 heavy (non-hydrogen) atoms. The molecule has 2 rings (SSSR count). The van der Waals surface area contributed by atoms with Crippen molar-refractivity contribution in [1.82, 2.24) is 0 Å². The number of rotatable bonds is 3. The minimum Gasteiger partial charge on any atom is -0.206 e. The van der Waals surface area contributed by atoms with Gasteiger partial charge in [0, 0.05) is 5.92 Å². The van der Waals surface area contributed by atoms with Gasteiger partial charge in [0.05, 0.1) is 0 Å². The molecule has 2 saturated carbocycles. The van der Waals surface area contributed by atoms with Crippen LogP contribution in [0.4, 0.5) is 22.0 Å². The Morgan fingerprint density at radius 2 is 1.14 bits per heavy atom. The van der Waals surface area contributed by atoms with Crippen molar-refractivity contribution < 1.29 is 22.0 Å². The Labute approximate surface area is 123 Å². The van der Waals surface area contributed by atoms with Crippen LogP contribution in [0.3, 0.4) is 0 Å². The van der Waals surface area contributed by atoms with Gasteiger partial charge in [-0.1, -0.05) is 19.8 Å². The second-order valence-corrected chi connectivity index (χ2v) is 7.18. The van der Waals surface area contributed by atoms with Crippen LogP contribution in [0.2, 0.25) is 0 Å². The van der Waals surface area contributed by atoms with E-state index >= 15 is 0 Å². The third-order valence-electron chi connectivity index (χ3n) is 5.53. The summed E-state index contributed by atoms with van der Waals surface area (Å²) in [5, 5.41) is 0. The summed E-state index contributed by atoms with van der Waals surface area (Å²) < 4.78 is 64.1. The van der Waals surface area contributed by atoms with E-state index in [4.69, 9.17) is 0 Å². The summed E-state index contributed by atoms with van der Waals surface area (Å²) in [6, 6.07) is 0. The Hall–Kier alpha value is -0.350. The molecule has 2 aliphatic rings. The quantitative estimate of drug-likeness (QED) is 0.544. The lowest BCUT2D eigenvalue weighted by atomic mass is 9.68. The molecule has 2 fully saturated rings. The van der Waals surface area contributed by atoms with Crippen molar-refractivity contribution >= 4 is 0 Å². The van der Waals surface area contributed by atoms with Crippen molar-refractivity contribution in [1.29, 1.82) is 0 Å². The lowest BCUT2D eigenvalue weighted by Gasteiger charge is -2.39. The normalized spacial score (nSPS) is 35.7. The fraction of sp³-hybridized carbons (Fsp3) is 1.00. The van der Waals surface area contributed by atoms with Crippen molar-refractivity contribution in [3.05, 3.63) is 0 Å². The van der Waals surface area contributed by atoms with Crippen LogP contribution in [0.25, 0.3) is 0 Å². The lowest BCUT2D eigenvalue weighted by molar-refractivity contribution is -0.206. The van der Waals surface area contributed by atoms with Crippen LogP contribution >= 0.6 is 0 Å². The van der Waals surface area contributed by atoms with Crippen LogP contribution in [-0.2, 0) is 0 Å². The second kappa shape index (κ2) is 6.41. The summed E-state index contributed by atoms with van der Waals surface area (Å²) >= 11 is 0. The first kappa shape index (κ1) is 17.0. The van der Waals surface area contributed by atoms with Crippen molar-refractivity contribution in [3.63, 3.8) is 0 Å². The maximum Gasteiger partial charge on any atom is 0.394 e. The summed E-state index contributed by atoms with van der Waals surface area (Å²) in [7, 11) is 0. The number of halogens is 5. The standard InChI is InChI=1S/C16H25F5/c1-11-2-4-12(5-3-11)13-6-8-14(9-7-13)15(17,18)10-16(19,20)21/h11-14H,2-10H2,1H3. The first-order chi connectivity index (χ1) is 9.67. The van der Waals surface area contributed by atoms with Gasteiger partial charge in [0.1, 0.15) is 6.42 Å². The molecule has 0 saturated heterocycles. The zero-order valence-electron chi connectivity index (χ0n) is 12.6. The van der Waals surface area contributed by atoms with E-state index in [-0.39, 0.29) is 12.8 Å². The molecule has 0 aromatic heterocycles. The lowest BCUT2D eigenvalue weighted by Crippen LogP contribution is -2.37. The highest BCUT2D eigenvalue weighted by molar-refractivity contribution is 4.87. The van der Waals surface area contributed by atoms with Crippen molar-refractivity contribution in [3.8, 4) is 0 Å².